The summed E-state index contributed by atoms with van der Waals surface area (Å²) >= 11 is 5.05. The second kappa shape index (κ2) is 6.35. The maximum atomic E-state index is 11.4. The normalized spacial score (nSPS) is 10.1. The molecule has 0 fully saturated rings. The van der Waals surface area contributed by atoms with Crippen LogP contribution < -0.4 is 10.6 Å². The molecule has 0 aromatic heterocycles. The van der Waals surface area contributed by atoms with E-state index in [0.29, 0.717) is 5.11 Å². The molecule has 0 aliphatic rings. The van der Waals surface area contributed by atoms with Crippen LogP contribution in [0.1, 0.15) is 26.3 Å². The van der Waals surface area contributed by atoms with Crippen LogP contribution in [0.4, 0.5) is 5.69 Å². The summed E-state index contributed by atoms with van der Waals surface area (Å²) in [6.07, 6.45) is 1.01. The van der Waals surface area contributed by atoms with E-state index in [-0.39, 0.29) is 11.8 Å². The molecule has 4 heteroatoms. The quantitative estimate of drug-likeness (QED) is 0.810. The topological polar surface area (TPSA) is 41.1 Å². The Bertz CT molecular complexity index is 398. The molecule has 0 atom stereocenters. The van der Waals surface area contributed by atoms with Crippen LogP contribution in [-0.4, -0.2) is 11.0 Å². The molecule has 0 radical (unpaired) electrons. The van der Waals surface area contributed by atoms with Crippen molar-refractivity contribution < 1.29 is 4.79 Å². The zero-order valence-electron chi connectivity index (χ0n) is 10.4. The average Bonchev–Trinajstić information content (AvgIpc) is 2.29. The molecule has 0 spiro atoms. The van der Waals surface area contributed by atoms with Crippen molar-refractivity contribution in [3.8, 4) is 0 Å². The molecule has 1 aromatic rings. The predicted octanol–water partition coefficient (Wildman–Crippen LogP) is 2.72. The van der Waals surface area contributed by atoms with Gasteiger partial charge in [0.25, 0.3) is 0 Å². The molecule has 0 bridgehead atoms. The third kappa shape index (κ3) is 4.53. The first-order valence-electron chi connectivity index (χ1n) is 5.73. The third-order valence-electron chi connectivity index (χ3n) is 2.38. The summed E-state index contributed by atoms with van der Waals surface area (Å²) in [4.78, 5) is 11.4. The molecule has 1 rings (SSSR count). The maximum Gasteiger partial charge on any atom is 0.228 e. The van der Waals surface area contributed by atoms with Gasteiger partial charge in [-0.1, -0.05) is 32.9 Å². The number of carbonyl (C=O) groups excluding carboxylic acids is 1. The molecule has 3 nitrogen and oxygen atoms in total. The third-order valence-corrected chi connectivity index (χ3v) is 2.59. The van der Waals surface area contributed by atoms with Gasteiger partial charge in [0.05, 0.1) is 0 Å². The molecule has 0 saturated heterocycles. The van der Waals surface area contributed by atoms with E-state index in [1.54, 1.807) is 0 Å². The highest BCUT2D eigenvalue weighted by Crippen LogP contribution is 2.09. The number of anilines is 1. The number of nitrogens with one attached hydrogen (secondary N) is 2. The lowest BCUT2D eigenvalue weighted by atomic mass is 10.1. The zero-order chi connectivity index (χ0) is 12.8. The Hall–Kier alpha value is -1.42. The van der Waals surface area contributed by atoms with E-state index >= 15 is 0 Å². The average molecular weight is 250 g/mol. The minimum absolute atomic E-state index is 0.0720. The highest BCUT2D eigenvalue weighted by Gasteiger charge is 2.08. The predicted molar refractivity (Wildman–Crippen MR) is 75.0 cm³/mol. The maximum absolute atomic E-state index is 11.4. The van der Waals surface area contributed by atoms with Crippen LogP contribution in [0.2, 0.25) is 0 Å². The Balaban J connectivity index is 2.53. The zero-order valence-corrected chi connectivity index (χ0v) is 11.2. The van der Waals surface area contributed by atoms with Crippen molar-refractivity contribution in [2.45, 2.75) is 27.2 Å². The summed E-state index contributed by atoms with van der Waals surface area (Å²) in [5.41, 5.74) is 2.16. The Labute approximate surface area is 108 Å². The Morgan fingerprint density at radius 1 is 1.29 bits per heavy atom. The first-order valence-corrected chi connectivity index (χ1v) is 6.14. The summed E-state index contributed by atoms with van der Waals surface area (Å²) in [6.45, 7) is 5.76. The molecule has 1 aromatic carbocycles. The number of carbonyl (C=O) groups is 1. The fourth-order valence-electron chi connectivity index (χ4n) is 1.24. The number of thiocarbonyl (C=S) groups is 1. The van der Waals surface area contributed by atoms with E-state index in [1.807, 2.05) is 38.1 Å². The lowest BCUT2D eigenvalue weighted by Crippen LogP contribution is -2.36. The van der Waals surface area contributed by atoms with Gasteiger partial charge in [0.15, 0.2) is 5.11 Å². The van der Waals surface area contributed by atoms with Crippen molar-refractivity contribution in [3.63, 3.8) is 0 Å². The number of aryl methyl sites for hydroxylation is 1. The highest BCUT2D eigenvalue weighted by molar-refractivity contribution is 7.80. The lowest BCUT2D eigenvalue weighted by Gasteiger charge is -2.11. The van der Waals surface area contributed by atoms with Gasteiger partial charge >= 0.3 is 0 Å². The molecular formula is C13H18N2OS. The van der Waals surface area contributed by atoms with Gasteiger partial charge in [-0.15, -0.1) is 0 Å². The highest BCUT2D eigenvalue weighted by atomic mass is 32.1. The summed E-state index contributed by atoms with van der Waals surface area (Å²) in [5.74, 6) is -0.148. The van der Waals surface area contributed by atoms with Gasteiger partial charge in [0.1, 0.15) is 0 Å². The van der Waals surface area contributed by atoms with E-state index in [0.717, 1.165) is 12.1 Å². The summed E-state index contributed by atoms with van der Waals surface area (Å²) in [6, 6.07) is 7.98. The van der Waals surface area contributed by atoms with Gasteiger partial charge in [-0.05, 0) is 36.3 Å². The second-order valence-corrected chi connectivity index (χ2v) is 4.56. The largest absolute Gasteiger partial charge is 0.332 e. The van der Waals surface area contributed by atoms with Gasteiger partial charge in [-0.2, -0.15) is 0 Å². The first-order chi connectivity index (χ1) is 8.02. The monoisotopic (exact) mass is 250 g/mol. The fraction of sp³-hybridized carbons (Fsp3) is 0.385. The van der Waals surface area contributed by atoms with Gasteiger partial charge < -0.3 is 10.6 Å². The molecular weight excluding hydrogens is 232 g/mol. The number of amides is 1. The van der Waals surface area contributed by atoms with Crippen molar-refractivity contribution in [1.82, 2.24) is 5.32 Å². The molecule has 1 amide bonds. The van der Waals surface area contributed by atoms with Crippen LogP contribution in [0.15, 0.2) is 24.3 Å². The van der Waals surface area contributed by atoms with Crippen LogP contribution in [0, 0.1) is 5.92 Å². The number of benzene rings is 1. The van der Waals surface area contributed by atoms with Crippen molar-refractivity contribution in [1.29, 1.82) is 0 Å². The molecule has 17 heavy (non-hydrogen) atoms. The summed E-state index contributed by atoms with van der Waals surface area (Å²) < 4.78 is 0. The van der Waals surface area contributed by atoms with Crippen LogP contribution >= 0.6 is 12.2 Å². The number of hydrogen-bond donors (Lipinski definition) is 2. The van der Waals surface area contributed by atoms with Gasteiger partial charge in [-0.25, -0.2) is 0 Å². The van der Waals surface area contributed by atoms with Crippen molar-refractivity contribution in [2.75, 3.05) is 5.32 Å². The van der Waals surface area contributed by atoms with Crippen LogP contribution in [0.3, 0.4) is 0 Å². The van der Waals surface area contributed by atoms with Crippen molar-refractivity contribution in [3.05, 3.63) is 29.8 Å². The Kier molecular flexibility index (Phi) is 5.10. The molecule has 0 saturated carbocycles. The summed E-state index contributed by atoms with van der Waals surface area (Å²) in [7, 11) is 0. The van der Waals surface area contributed by atoms with E-state index in [9.17, 15) is 4.79 Å². The van der Waals surface area contributed by atoms with Crippen molar-refractivity contribution >= 4 is 28.9 Å². The molecule has 92 valence electrons. The van der Waals surface area contributed by atoms with Crippen LogP contribution in [0.25, 0.3) is 0 Å². The van der Waals surface area contributed by atoms with E-state index in [1.165, 1.54) is 5.56 Å². The Morgan fingerprint density at radius 3 is 2.35 bits per heavy atom. The summed E-state index contributed by atoms with van der Waals surface area (Å²) in [5, 5.41) is 5.96. The van der Waals surface area contributed by atoms with E-state index in [2.05, 4.69) is 17.6 Å². The SMILES string of the molecule is CCc1ccc(NC(=S)NC(=O)C(C)C)cc1. The fourth-order valence-corrected chi connectivity index (χ4v) is 1.46. The molecule has 0 aliphatic carbocycles. The molecule has 0 aliphatic heterocycles. The number of hydrogen-bond acceptors (Lipinski definition) is 2. The van der Waals surface area contributed by atoms with Gasteiger partial charge in [0, 0.05) is 11.6 Å². The van der Waals surface area contributed by atoms with Crippen LogP contribution in [-0.2, 0) is 11.2 Å². The van der Waals surface area contributed by atoms with E-state index in [4.69, 9.17) is 12.2 Å². The molecule has 0 heterocycles. The smallest absolute Gasteiger partial charge is 0.228 e. The standard InChI is InChI=1S/C13H18N2OS/c1-4-10-5-7-11(8-6-10)14-13(17)15-12(16)9(2)3/h5-9H,4H2,1-3H3,(H2,14,15,16,17). The lowest BCUT2D eigenvalue weighted by molar-refractivity contribution is -0.122. The van der Waals surface area contributed by atoms with Crippen molar-refractivity contribution in [2.24, 2.45) is 5.92 Å². The Morgan fingerprint density at radius 2 is 1.88 bits per heavy atom. The van der Waals surface area contributed by atoms with Gasteiger partial charge in [0.2, 0.25) is 5.91 Å². The van der Waals surface area contributed by atoms with E-state index < -0.39 is 0 Å². The molecule has 2 N–H and O–H groups in total. The van der Waals surface area contributed by atoms with Crippen LogP contribution in [0.5, 0.6) is 0 Å². The van der Waals surface area contributed by atoms with Gasteiger partial charge in [-0.3, -0.25) is 4.79 Å². The number of rotatable bonds is 3. The first kappa shape index (κ1) is 13.6. The minimum atomic E-state index is -0.0762. The molecule has 0 unspecified atom stereocenters. The minimum Gasteiger partial charge on any atom is -0.332 e. The second-order valence-electron chi connectivity index (χ2n) is 4.15.